The summed E-state index contributed by atoms with van der Waals surface area (Å²) in [7, 11) is 0. The monoisotopic (exact) mass is 303 g/mol. The molecule has 3 aliphatic carbocycles. The number of rotatable bonds is 0. The van der Waals surface area contributed by atoms with Crippen molar-refractivity contribution < 1.29 is 9.59 Å². The van der Waals surface area contributed by atoms with E-state index in [2.05, 4.69) is 19.2 Å². The molecule has 122 valence electrons. The molecule has 3 saturated carbocycles. The molecule has 0 bridgehead atoms. The average molecular weight is 303 g/mol. The van der Waals surface area contributed by atoms with Crippen LogP contribution < -0.4 is 5.32 Å². The second kappa shape index (κ2) is 4.82. The average Bonchev–Trinajstić information content (AvgIpc) is 2.70. The number of hydrogen-bond donors (Lipinski definition) is 1. The summed E-state index contributed by atoms with van der Waals surface area (Å²) in [6.07, 6.45) is 8.46. The Morgan fingerprint density at radius 2 is 1.77 bits per heavy atom. The van der Waals surface area contributed by atoms with Gasteiger partial charge in [-0.3, -0.25) is 9.59 Å². The van der Waals surface area contributed by atoms with Crippen molar-refractivity contribution in [3.8, 4) is 0 Å². The second-order valence-corrected chi connectivity index (χ2v) is 8.88. The van der Waals surface area contributed by atoms with E-state index >= 15 is 0 Å². The van der Waals surface area contributed by atoms with Crippen molar-refractivity contribution in [2.24, 2.45) is 34.5 Å². The number of hydrogen-bond acceptors (Lipinski definition) is 2. The first-order chi connectivity index (χ1) is 10.4. The molecule has 3 nitrogen and oxygen atoms in total. The number of carbonyl (C=O) groups excluding carboxylic acids is 2. The van der Waals surface area contributed by atoms with E-state index in [1.165, 1.54) is 19.3 Å². The fraction of sp³-hybridized carbons (Fsp3) is 0.895. The van der Waals surface area contributed by atoms with Crippen LogP contribution in [0.4, 0.5) is 0 Å². The number of fused-ring (bicyclic) bond motifs is 5. The van der Waals surface area contributed by atoms with Crippen LogP contribution in [0.15, 0.2) is 0 Å². The van der Waals surface area contributed by atoms with Gasteiger partial charge in [0.15, 0.2) is 0 Å². The number of ketones is 1. The van der Waals surface area contributed by atoms with Gasteiger partial charge >= 0.3 is 0 Å². The molecule has 0 radical (unpaired) electrons. The molecule has 4 fully saturated rings. The van der Waals surface area contributed by atoms with E-state index < -0.39 is 0 Å². The molecule has 0 aromatic carbocycles. The molecule has 0 spiro atoms. The highest BCUT2D eigenvalue weighted by Gasteiger charge is 2.59. The summed E-state index contributed by atoms with van der Waals surface area (Å²) in [5, 5.41) is 3.13. The van der Waals surface area contributed by atoms with Crippen molar-refractivity contribution in [2.45, 2.75) is 65.2 Å². The van der Waals surface area contributed by atoms with E-state index in [1.54, 1.807) is 0 Å². The van der Waals surface area contributed by atoms with E-state index in [4.69, 9.17) is 0 Å². The maximum absolute atomic E-state index is 12.4. The van der Waals surface area contributed by atoms with Gasteiger partial charge < -0.3 is 5.32 Å². The Hall–Kier alpha value is -0.860. The highest BCUT2D eigenvalue weighted by molar-refractivity contribution is 5.87. The largest absolute Gasteiger partial charge is 0.356 e. The standard InChI is InChI=1S/C19H29NO2/c1-18-10-8-17(22)20-11-12(18)3-4-13-14-5-6-16(21)19(14,2)9-7-15(13)18/h12-15H,3-11H2,1-2H3,(H,20,22)/t12?,13-,14-,15-,18-,19-/m0/s1. The van der Waals surface area contributed by atoms with Crippen molar-refractivity contribution in [1.29, 1.82) is 0 Å². The van der Waals surface area contributed by atoms with Gasteiger partial charge in [-0.15, -0.1) is 0 Å². The van der Waals surface area contributed by atoms with Crippen LogP contribution in [0.3, 0.4) is 0 Å². The fourth-order valence-electron chi connectivity index (χ4n) is 6.74. The van der Waals surface area contributed by atoms with E-state index in [9.17, 15) is 9.59 Å². The third-order valence-corrected chi connectivity index (χ3v) is 8.21. The molecule has 0 aromatic rings. The zero-order valence-corrected chi connectivity index (χ0v) is 14.0. The van der Waals surface area contributed by atoms with Crippen LogP contribution in [-0.4, -0.2) is 18.2 Å². The van der Waals surface area contributed by atoms with Gasteiger partial charge in [-0.05, 0) is 67.6 Å². The van der Waals surface area contributed by atoms with E-state index in [-0.39, 0.29) is 11.3 Å². The van der Waals surface area contributed by atoms with Crippen molar-refractivity contribution in [3.63, 3.8) is 0 Å². The normalized spacial score (nSPS) is 51.4. The molecule has 1 heterocycles. The number of nitrogens with one attached hydrogen (secondary N) is 1. The van der Waals surface area contributed by atoms with Crippen molar-refractivity contribution >= 4 is 11.7 Å². The van der Waals surface area contributed by atoms with Gasteiger partial charge in [-0.1, -0.05) is 13.8 Å². The minimum atomic E-state index is -0.0246. The minimum absolute atomic E-state index is 0.0246. The SMILES string of the molecule is C[C@]12CCC(=O)NCC1CC[C@@H]1[C@@H]2CC[C@]2(C)C(=O)CC[C@@H]12. The summed E-state index contributed by atoms with van der Waals surface area (Å²) in [6.45, 7) is 5.57. The van der Waals surface area contributed by atoms with Gasteiger partial charge in [0.1, 0.15) is 5.78 Å². The molecule has 1 unspecified atom stereocenters. The van der Waals surface area contributed by atoms with Crippen LogP contribution in [0.2, 0.25) is 0 Å². The van der Waals surface area contributed by atoms with Gasteiger partial charge in [0.2, 0.25) is 5.91 Å². The lowest BCUT2D eigenvalue weighted by molar-refractivity contribution is -0.136. The van der Waals surface area contributed by atoms with Crippen molar-refractivity contribution in [1.82, 2.24) is 5.32 Å². The third kappa shape index (κ3) is 1.86. The summed E-state index contributed by atoms with van der Waals surface area (Å²) in [5.74, 6) is 3.47. The molecule has 1 N–H and O–H groups in total. The Bertz CT molecular complexity index is 516. The topological polar surface area (TPSA) is 46.2 Å². The van der Waals surface area contributed by atoms with Crippen LogP contribution in [0.1, 0.15) is 65.2 Å². The molecule has 6 atom stereocenters. The molecule has 0 aromatic heterocycles. The molecule has 4 aliphatic rings. The molecule has 1 amide bonds. The highest BCUT2D eigenvalue weighted by Crippen LogP contribution is 2.63. The molecule has 3 heteroatoms. The van der Waals surface area contributed by atoms with Gasteiger partial charge in [0, 0.05) is 24.8 Å². The summed E-state index contributed by atoms with van der Waals surface area (Å²) in [6, 6.07) is 0. The Morgan fingerprint density at radius 3 is 2.59 bits per heavy atom. The van der Waals surface area contributed by atoms with Gasteiger partial charge in [0.05, 0.1) is 0 Å². The van der Waals surface area contributed by atoms with Crippen LogP contribution >= 0.6 is 0 Å². The van der Waals surface area contributed by atoms with Gasteiger partial charge in [-0.25, -0.2) is 0 Å². The van der Waals surface area contributed by atoms with Crippen LogP contribution in [0.5, 0.6) is 0 Å². The second-order valence-electron chi connectivity index (χ2n) is 8.88. The lowest BCUT2D eigenvalue weighted by Gasteiger charge is -2.57. The lowest BCUT2D eigenvalue weighted by Crippen LogP contribution is -2.52. The zero-order chi connectivity index (χ0) is 15.5. The van der Waals surface area contributed by atoms with Gasteiger partial charge in [0.25, 0.3) is 0 Å². The quantitative estimate of drug-likeness (QED) is 0.746. The highest BCUT2D eigenvalue weighted by atomic mass is 16.1. The Labute approximate surface area is 133 Å². The third-order valence-electron chi connectivity index (χ3n) is 8.21. The smallest absolute Gasteiger partial charge is 0.220 e. The first-order valence-electron chi connectivity index (χ1n) is 9.25. The first-order valence-corrected chi connectivity index (χ1v) is 9.25. The lowest BCUT2D eigenvalue weighted by atomic mass is 9.47. The molecule has 1 saturated heterocycles. The van der Waals surface area contributed by atoms with Crippen LogP contribution in [0, 0.1) is 34.5 Å². The zero-order valence-electron chi connectivity index (χ0n) is 14.0. The summed E-state index contributed by atoms with van der Waals surface area (Å²) in [4.78, 5) is 24.3. The molecule has 1 aliphatic heterocycles. The molecular formula is C19H29NO2. The van der Waals surface area contributed by atoms with Crippen molar-refractivity contribution in [2.75, 3.05) is 6.54 Å². The summed E-state index contributed by atoms with van der Waals surface area (Å²) >= 11 is 0. The Balaban J connectivity index is 1.65. The fourth-order valence-corrected chi connectivity index (χ4v) is 6.74. The van der Waals surface area contributed by atoms with E-state index in [0.29, 0.717) is 29.5 Å². The van der Waals surface area contributed by atoms with Crippen molar-refractivity contribution in [3.05, 3.63) is 0 Å². The van der Waals surface area contributed by atoms with E-state index in [0.717, 1.165) is 44.1 Å². The maximum atomic E-state index is 12.4. The molecular weight excluding hydrogens is 274 g/mol. The molecule has 4 rings (SSSR count). The predicted molar refractivity (Wildman–Crippen MR) is 85.1 cm³/mol. The first kappa shape index (κ1) is 14.7. The number of Topliss-reactive ketones (excluding diaryl/α,β-unsaturated/α-hetero) is 1. The maximum Gasteiger partial charge on any atom is 0.220 e. The minimum Gasteiger partial charge on any atom is -0.356 e. The molecule has 22 heavy (non-hydrogen) atoms. The Morgan fingerprint density at radius 1 is 0.955 bits per heavy atom. The summed E-state index contributed by atoms with van der Waals surface area (Å²) < 4.78 is 0. The summed E-state index contributed by atoms with van der Waals surface area (Å²) in [5.41, 5.74) is 0.276. The predicted octanol–water partition coefficient (Wildman–Crippen LogP) is 3.32. The van der Waals surface area contributed by atoms with Crippen LogP contribution in [0.25, 0.3) is 0 Å². The van der Waals surface area contributed by atoms with Gasteiger partial charge in [-0.2, -0.15) is 0 Å². The Kier molecular flexibility index (Phi) is 3.22. The number of amides is 1. The number of carbonyl (C=O) groups is 2. The van der Waals surface area contributed by atoms with E-state index in [1.807, 2.05) is 0 Å². The van der Waals surface area contributed by atoms with Crippen LogP contribution in [-0.2, 0) is 9.59 Å².